The molecule has 1 rings (SSSR count). The molecule has 0 bridgehead atoms. The lowest BCUT2D eigenvalue weighted by Crippen LogP contribution is -2.08. The number of hydrogen-bond donors (Lipinski definition) is 1. The molecule has 1 atom stereocenters. The Hall–Kier alpha value is -1.28. The molecule has 70 valence electrons. The van der Waals surface area contributed by atoms with Crippen LogP contribution in [0.2, 0.25) is 0 Å². The van der Waals surface area contributed by atoms with E-state index in [1.165, 1.54) is 0 Å². The number of rotatable bonds is 3. The predicted octanol–water partition coefficient (Wildman–Crippen LogP) is 2.19. The summed E-state index contributed by atoms with van der Waals surface area (Å²) in [4.78, 5) is 0. The zero-order chi connectivity index (χ0) is 9.84. The Morgan fingerprint density at radius 3 is 2.77 bits per heavy atom. The molecule has 0 aliphatic heterocycles. The van der Waals surface area contributed by atoms with E-state index in [-0.39, 0.29) is 6.04 Å². The zero-order valence-corrected chi connectivity index (χ0v) is 8.08. The van der Waals surface area contributed by atoms with Crippen molar-refractivity contribution in [3.05, 3.63) is 42.0 Å². The molecule has 1 aromatic rings. The number of nitrogens with two attached hydrogens (primary N) is 1. The third kappa shape index (κ3) is 1.90. The Labute approximate surface area is 79.0 Å². The first-order valence-electron chi connectivity index (χ1n) is 4.22. The minimum absolute atomic E-state index is 0.116. The minimum atomic E-state index is -0.116. The van der Waals surface area contributed by atoms with Crippen molar-refractivity contribution in [1.29, 1.82) is 0 Å². The lowest BCUT2D eigenvalue weighted by atomic mass is 10.0. The molecule has 0 fully saturated rings. The Morgan fingerprint density at radius 1 is 1.54 bits per heavy atom. The second-order valence-electron chi connectivity index (χ2n) is 2.94. The summed E-state index contributed by atoms with van der Waals surface area (Å²) in [7, 11) is 1.66. The highest BCUT2D eigenvalue weighted by Crippen LogP contribution is 2.24. The SMILES string of the molecule is C=C[C@@H](N)c1cccc(OC)c1C. The van der Waals surface area contributed by atoms with Gasteiger partial charge in [-0.3, -0.25) is 0 Å². The maximum atomic E-state index is 5.85. The number of methoxy groups -OCH3 is 1. The van der Waals surface area contributed by atoms with Gasteiger partial charge in [-0.1, -0.05) is 18.2 Å². The van der Waals surface area contributed by atoms with Crippen LogP contribution in [0, 0.1) is 6.92 Å². The van der Waals surface area contributed by atoms with E-state index in [9.17, 15) is 0 Å². The first kappa shape index (κ1) is 9.81. The van der Waals surface area contributed by atoms with Crippen LogP contribution in [0.1, 0.15) is 17.2 Å². The van der Waals surface area contributed by atoms with Gasteiger partial charge >= 0.3 is 0 Å². The van der Waals surface area contributed by atoms with Crippen LogP contribution in [0.15, 0.2) is 30.9 Å². The maximum Gasteiger partial charge on any atom is 0.122 e. The van der Waals surface area contributed by atoms with Crippen LogP contribution in [0.5, 0.6) is 5.75 Å². The largest absolute Gasteiger partial charge is 0.496 e. The third-order valence-electron chi connectivity index (χ3n) is 2.16. The van der Waals surface area contributed by atoms with E-state index < -0.39 is 0 Å². The zero-order valence-electron chi connectivity index (χ0n) is 8.08. The van der Waals surface area contributed by atoms with E-state index in [4.69, 9.17) is 10.5 Å². The number of benzene rings is 1. The molecule has 0 unspecified atom stereocenters. The summed E-state index contributed by atoms with van der Waals surface area (Å²) < 4.78 is 5.19. The van der Waals surface area contributed by atoms with Crippen molar-refractivity contribution in [3.8, 4) is 5.75 Å². The Balaban J connectivity index is 3.14. The molecule has 0 saturated carbocycles. The molecule has 0 aliphatic carbocycles. The lowest BCUT2D eigenvalue weighted by Gasteiger charge is -2.13. The van der Waals surface area contributed by atoms with Gasteiger partial charge in [0.05, 0.1) is 7.11 Å². The maximum absolute atomic E-state index is 5.85. The van der Waals surface area contributed by atoms with Crippen molar-refractivity contribution in [2.24, 2.45) is 5.73 Å². The van der Waals surface area contributed by atoms with E-state index in [2.05, 4.69) is 6.58 Å². The molecule has 0 spiro atoms. The molecular formula is C11H15NO. The molecule has 2 nitrogen and oxygen atoms in total. The van der Waals surface area contributed by atoms with Gasteiger partial charge in [0.25, 0.3) is 0 Å². The van der Waals surface area contributed by atoms with Gasteiger partial charge in [0.15, 0.2) is 0 Å². The van der Waals surface area contributed by atoms with Crippen molar-refractivity contribution >= 4 is 0 Å². The Kier molecular flexibility index (Phi) is 3.09. The highest BCUT2D eigenvalue weighted by atomic mass is 16.5. The van der Waals surface area contributed by atoms with E-state index in [1.54, 1.807) is 13.2 Å². The fourth-order valence-corrected chi connectivity index (χ4v) is 1.34. The lowest BCUT2D eigenvalue weighted by molar-refractivity contribution is 0.411. The molecule has 2 heteroatoms. The summed E-state index contributed by atoms with van der Waals surface area (Å²) >= 11 is 0. The van der Waals surface area contributed by atoms with E-state index in [0.717, 1.165) is 16.9 Å². The molecule has 0 saturated heterocycles. The predicted molar refractivity (Wildman–Crippen MR) is 54.9 cm³/mol. The van der Waals surface area contributed by atoms with Crippen LogP contribution in [-0.2, 0) is 0 Å². The van der Waals surface area contributed by atoms with Gasteiger partial charge in [0.2, 0.25) is 0 Å². The van der Waals surface area contributed by atoms with Crippen molar-refractivity contribution in [1.82, 2.24) is 0 Å². The van der Waals surface area contributed by atoms with E-state index in [0.29, 0.717) is 0 Å². The average Bonchev–Trinajstić information content (AvgIpc) is 2.17. The van der Waals surface area contributed by atoms with E-state index in [1.807, 2.05) is 25.1 Å². The average molecular weight is 177 g/mol. The van der Waals surface area contributed by atoms with Crippen LogP contribution < -0.4 is 10.5 Å². The highest BCUT2D eigenvalue weighted by molar-refractivity contribution is 5.41. The summed E-state index contributed by atoms with van der Waals surface area (Å²) in [5.41, 5.74) is 7.99. The monoisotopic (exact) mass is 177 g/mol. The number of hydrogen-bond acceptors (Lipinski definition) is 2. The van der Waals surface area contributed by atoms with Crippen LogP contribution >= 0.6 is 0 Å². The van der Waals surface area contributed by atoms with Gasteiger partial charge < -0.3 is 10.5 Å². The Bertz CT molecular complexity index is 307. The minimum Gasteiger partial charge on any atom is -0.496 e. The molecule has 0 amide bonds. The van der Waals surface area contributed by atoms with Crippen LogP contribution in [-0.4, -0.2) is 7.11 Å². The van der Waals surface area contributed by atoms with Gasteiger partial charge in [-0.2, -0.15) is 0 Å². The molecule has 2 N–H and O–H groups in total. The molecule has 0 aromatic heterocycles. The van der Waals surface area contributed by atoms with E-state index >= 15 is 0 Å². The van der Waals surface area contributed by atoms with Crippen LogP contribution in [0.3, 0.4) is 0 Å². The molecule has 0 radical (unpaired) electrons. The van der Waals surface area contributed by atoms with Gasteiger partial charge in [0.1, 0.15) is 5.75 Å². The Morgan fingerprint density at radius 2 is 2.23 bits per heavy atom. The first-order valence-corrected chi connectivity index (χ1v) is 4.22. The van der Waals surface area contributed by atoms with Crippen molar-refractivity contribution in [2.45, 2.75) is 13.0 Å². The number of ether oxygens (including phenoxy) is 1. The standard InChI is InChI=1S/C11H15NO/c1-4-10(12)9-6-5-7-11(13-3)8(9)2/h4-7,10H,1,12H2,2-3H3/t10-/m1/s1. The van der Waals surface area contributed by atoms with Crippen LogP contribution in [0.4, 0.5) is 0 Å². The molecule has 0 aliphatic rings. The summed E-state index contributed by atoms with van der Waals surface area (Å²) in [5.74, 6) is 0.870. The smallest absolute Gasteiger partial charge is 0.122 e. The van der Waals surface area contributed by atoms with Crippen LogP contribution in [0.25, 0.3) is 0 Å². The topological polar surface area (TPSA) is 35.2 Å². The van der Waals surface area contributed by atoms with Gasteiger partial charge in [-0.05, 0) is 24.1 Å². The first-order chi connectivity index (χ1) is 6.20. The molecule has 0 heterocycles. The van der Waals surface area contributed by atoms with Gasteiger partial charge in [-0.25, -0.2) is 0 Å². The summed E-state index contributed by atoms with van der Waals surface area (Å²) in [6, 6.07) is 5.73. The fraction of sp³-hybridized carbons (Fsp3) is 0.273. The van der Waals surface area contributed by atoms with Gasteiger partial charge in [-0.15, -0.1) is 6.58 Å². The fourth-order valence-electron chi connectivity index (χ4n) is 1.34. The summed E-state index contributed by atoms with van der Waals surface area (Å²) in [6.07, 6.45) is 1.72. The summed E-state index contributed by atoms with van der Waals surface area (Å²) in [5, 5.41) is 0. The molecular weight excluding hydrogens is 162 g/mol. The quantitative estimate of drug-likeness (QED) is 0.718. The second kappa shape index (κ2) is 4.10. The summed E-state index contributed by atoms with van der Waals surface area (Å²) in [6.45, 7) is 5.67. The highest BCUT2D eigenvalue weighted by Gasteiger charge is 2.07. The second-order valence-corrected chi connectivity index (χ2v) is 2.94. The normalized spacial score (nSPS) is 12.2. The molecule has 13 heavy (non-hydrogen) atoms. The molecule has 1 aromatic carbocycles. The van der Waals surface area contributed by atoms with Gasteiger partial charge in [0, 0.05) is 6.04 Å². The third-order valence-corrected chi connectivity index (χ3v) is 2.16. The van der Waals surface area contributed by atoms with Crippen molar-refractivity contribution < 1.29 is 4.74 Å². The van der Waals surface area contributed by atoms with Crippen molar-refractivity contribution in [3.63, 3.8) is 0 Å². The van der Waals surface area contributed by atoms with Crippen molar-refractivity contribution in [2.75, 3.05) is 7.11 Å².